The van der Waals surface area contributed by atoms with Crippen molar-refractivity contribution in [1.29, 1.82) is 0 Å². The van der Waals surface area contributed by atoms with E-state index in [9.17, 15) is 0 Å². The van der Waals surface area contributed by atoms with Crippen LogP contribution in [0.15, 0.2) is 9.85 Å². The van der Waals surface area contributed by atoms with Crippen LogP contribution in [-0.2, 0) is 6.54 Å². The molecule has 1 nitrogen and oxygen atoms in total. The maximum atomic E-state index is 3.53. The SMILES string of the molecule is CCN(C)Cc1cc(C)c(Br)s1. The Hall–Kier alpha value is 0.140. The molecule has 0 atom stereocenters. The van der Waals surface area contributed by atoms with E-state index in [4.69, 9.17) is 0 Å². The molecule has 3 heteroatoms. The third kappa shape index (κ3) is 2.57. The van der Waals surface area contributed by atoms with Crippen LogP contribution in [0.4, 0.5) is 0 Å². The van der Waals surface area contributed by atoms with Crippen LogP contribution in [-0.4, -0.2) is 18.5 Å². The third-order valence-electron chi connectivity index (χ3n) is 1.87. The van der Waals surface area contributed by atoms with E-state index in [1.54, 1.807) is 0 Å². The summed E-state index contributed by atoms with van der Waals surface area (Å²) < 4.78 is 1.27. The molecule has 1 rings (SSSR count). The Kier molecular flexibility index (Phi) is 3.75. The topological polar surface area (TPSA) is 3.24 Å². The first kappa shape index (κ1) is 10.2. The first-order valence-corrected chi connectivity index (χ1v) is 5.67. The molecule has 0 fully saturated rings. The number of halogens is 1. The summed E-state index contributed by atoms with van der Waals surface area (Å²) in [5.41, 5.74) is 1.35. The molecule has 0 saturated carbocycles. The van der Waals surface area contributed by atoms with Crippen LogP contribution in [0.5, 0.6) is 0 Å². The molecule has 1 heterocycles. The van der Waals surface area contributed by atoms with Gasteiger partial charge in [0.15, 0.2) is 0 Å². The summed E-state index contributed by atoms with van der Waals surface area (Å²) in [7, 11) is 2.14. The first-order chi connectivity index (χ1) is 5.63. The van der Waals surface area contributed by atoms with Gasteiger partial charge in [0.05, 0.1) is 3.79 Å². The smallest absolute Gasteiger partial charge is 0.0730 e. The molecule has 68 valence electrons. The van der Waals surface area contributed by atoms with Gasteiger partial charge < -0.3 is 4.90 Å². The molecular formula is C9H14BrNS. The third-order valence-corrected chi connectivity index (χ3v) is 4.00. The van der Waals surface area contributed by atoms with Crippen molar-refractivity contribution in [3.8, 4) is 0 Å². The van der Waals surface area contributed by atoms with Gasteiger partial charge in [-0.05, 0) is 48.1 Å². The zero-order valence-corrected chi connectivity index (χ0v) is 10.1. The van der Waals surface area contributed by atoms with E-state index in [-0.39, 0.29) is 0 Å². The molecule has 0 aliphatic rings. The second kappa shape index (κ2) is 4.40. The van der Waals surface area contributed by atoms with E-state index in [1.807, 2.05) is 11.3 Å². The first-order valence-electron chi connectivity index (χ1n) is 4.06. The highest BCUT2D eigenvalue weighted by atomic mass is 79.9. The molecule has 0 aliphatic heterocycles. The molecule has 0 spiro atoms. The predicted octanol–water partition coefficient (Wildman–Crippen LogP) is 3.27. The van der Waals surface area contributed by atoms with Gasteiger partial charge in [0, 0.05) is 11.4 Å². The van der Waals surface area contributed by atoms with Crippen molar-refractivity contribution in [2.24, 2.45) is 0 Å². The van der Waals surface area contributed by atoms with Gasteiger partial charge in [0.2, 0.25) is 0 Å². The summed E-state index contributed by atoms with van der Waals surface area (Å²) in [5.74, 6) is 0. The van der Waals surface area contributed by atoms with Crippen LogP contribution in [0.1, 0.15) is 17.4 Å². The molecule has 0 radical (unpaired) electrons. The van der Waals surface area contributed by atoms with Crippen molar-refractivity contribution >= 4 is 27.3 Å². The van der Waals surface area contributed by atoms with Crippen LogP contribution >= 0.6 is 27.3 Å². The highest BCUT2D eigenvalue weighted by Crippen LogP contribution is 2.27. The average molecular weight is 248 g/mol. The monoisotopic (exact) mass is 247 g/mol. The highest BCUT2D eigenvalue weighted by Gasteiger charge is 2.03. The van der Waals surface area contributed by atoms with E-state index in [2.05, 4.69) is 47.8 Å². The molecule has 0 saturated heterocycles. The van der Waals surface area contributed by atoms with E-state index in [0.29, 0.717) is 0 Å². The molecule has 0 bridgehead atoms. The second-order valence-corrected chi connectivity index (χ2v) is 5.45. The number of aryl methyl sites for hydroxylation is 1. The average Bonchev–Trinajstić information content (AvgIpc) is 2.31. The Morgan fingerprint density at radius 1 is 1.58 bits per heavy atom. The van der Waals surface area contributed by atoms with Crippen LogP contribution in [0, 0.1) is 6.92 Å². The van der Waals surface area contributed by atoms with E-state index < -0.39 is 0 Å². The van der Waals surface area contributed by atoms with Crippen LogP contribution < -0.4 is 0 Å². The van der Waals surface area contributed by atoms with Gasteiger partial charge in [0.1, 0.15) is 0 Å². The Labute approximate surface area is 86.5 Å². The summed E-state index contributed by atoms with van der Waals surface area (Å²) in [4.78, 5) is 3.74. The standard InChI is InChI=1S/C9H14BrNS/c1-4-11(3)6-8-5-7(2)9(10)12-8/h5H,4,6H2,1-3H3. The van der Waals surface area contributed by atoms with Crippen molar-refractivity contribution in [3.63, 3.8) is 0 Å². The fourth-order valence-corrected chi connectivity index (χ4v) is 2.69. The molecule has 12 heavy (non-hydrogen) atoms. The maximum absolute atomic E-state index is 3.53. The molecule has 0 unspecified atom stereocenters. The summed E-state index contributed by atoms with van der Waals surface area (Å²) in [6.07, 6.45) is 0. The minimum absolute atomic E-state index is 1.06. The minimum atomic E-state index is 1.06. The molecular weight excluding hydrogens is 234 g/mol. The van der Waals surface area contributed by atoms with Gasteiger partial charge in [-0.3, -0.25) is 0 Å². The molecule has 0 N–H and O–H groups in total. The van der Waals surface area contributed by atoms with Gasteiger partial charge in [0.25, 0.3) is 0 Å². The summed E-state index contributed by atoms with van der Waals surface area (Å²) in [5, 5.41) is 0. The molecule has 0 aromatic carbocycles. The van der Waals surface area contributed by atoms with Crippen LogP contribution in [0.3, 0.4) is 0 Å². The zero-order chi connectivity index (χ0) is 9.14. The van der Waals surface area contributed by atoms with Crippen molar-refractivity contribution in [2.75, 3.05) is 13.6 Å². The Morgan fingerprint density at radius 2 is 2.25 bits per heavy atom. The number of hydrogen-bond acceptors (Lipinski definition) is 2. The fourth-order valence-electron chi connectivity index (χ4n) is 0.979. The Morgan fingerprint density at radius 3 is 2.67 bits per heavy atom. The van der Waals surface area contributed by atoms with Gasteiger partial charge in [-0.25, -0.2) is 0 Å². The van der Waals surface area contributed by atoms with Gasteiger partial charge >= 0.3 is 0 Å². The van der Waals surface area contributed by atoms with Crippen LogP contribution in [0.2, 0.25) is 0 Å². The second-order valence-electron chi connectivity index (χ2n) is 3.00. The lowest BCUT2D eigenvalue weighted by Crippen LogP contribution is -2.15. The van der Waals surface area contributed by atoms with Crippen molar-refractivity contribution < 1.29 is 0 Å². The van der Waals surface area contributed by atoms with Crippen LogP contribution in [0.25, 0.3) is 0 Å². The highest BCUT2D eigenvalue weighted by molar-refractivity contribution is 9.11. The van der Waals surface area contributed by atoms with Crippen molar-refractivity contribution in [2.45, 2.75) is 20.4 Å². The van der Waals surface area contributed by atoms with Crippen molar-refractivity contribution in [3.05, 3.63) is 20.3 Å². The quantitative estimate of drug-likeness (QED) is 0.793. The summed E-state index contributed by atoms with van der Waals surface area (Å²) in [6.45, 7) is 6.48. The lowest BCUT2D eigenvalue weighted by molar-refractivity contribution is 0.349. The summed E-state index contributed by atoms with van der Waals surface area (Å²) in [6, 6.07) is 2.25. The molecule has 1 aromatic rings. The van der Waals surface area contributed by atoms with Gasteiger partial charge in [-0.15, -0.1) is 11.3 Å². The van der Waals surface area contributed by atoms with E-state index in [0.717, 1.165) is 13.1 Å². The summed E-state index contributed by atoms with van der Waals surface area (Å²) >= 11 is 5.36. The fraction of sp³-hybridized carbons (Fsp3) is 0.556. The maximum Gasteiger partial charge on any atom is 0.0730 e. The predicted molar refractivity (Wildman–Crippen MR) is 58.8 cm³/mol. The van der Waals surface area contributed by atoms with Gasteiger partial charge in [-0.2, -0.15) is 0 Å². The minimum Gasteiger partial charge on any atom is -0.302 e. The zero-order valence-electron chi connectivity index (χ0n) is 7.72. The lowest BCUT2D eigenvalue weighted by Gasteiger charge is -2.11. The number of rotatable bonds is 3. The number of hydrogen-bond donors (Lipinski definition) is 0. The Balaban J connectivity index is 2.64. The number of thiophene rings is 1. The Bertz CT molecular complexity index is 238. The molecule has 1 aromatic heterocycles. The largest absolute Gasteiger partial charge is 0.302 e. The van der Waals surface area contributed by atoms with E-state index >= 15 is 0 Å². The van der Waals surface area contributed by atoms with Gasteiger partial charge in [-0.1, -0.05) is 6.92 Å². The van der Waals surface area contributed by atoms with Crippen molar-refractivity contribution in [1.82, 2.24) is 4.90 Å². The molecule has 0 aliphatic carbocycles. The normalized spacial score (nSPS) is 11.1. The molecule has 0 amide bonds. The number of nitrogens with zero attached hydrogens (tertiary/aromatic N) is 1. The lowest BCUT2D eigenvalue weighted by atomic mass is 10.3. The van der Waals surface area contributed by atoms with E-state index in [1.165, 1.54) is 14.2 Å².